The van der Waals surface area contributed by atoms with Crippen molar-refractivity contribution in [3.05, 3.63) is 51.8 Å². The average Bonchev–Trinajstić information content (AvgIpc) is 2.69. The second-order valence-electron chi connectivity index (χ2n) is 5.96. The summed E-state index contributed by atoms with van der Waals surface area (Å²) in [6, 6.07) is 10.3. The third kappa shape index (κ3) is 2.71. The molecule has 4 heteroatoms. The first-order chi connectivity index (χ1) is 9.34. The van der Waals surface area contributed by atoms with Crippen molar-refractivity contribution < 1.29 is 0 Å². The summed E-state index contributed by atoms with van der Waals surface area (Å²) < 4.78 is 1.71. The van der Waals surface area contributed by atoms with Gasteiger partial charge in [-0.15, -0.1) is 0 Å². The van der Waals surface area contributed by atoms with Gasteiger partial charge in [-0.3, -0.25) is 0 Å². The van der Waals surface area contributed by atoms with E-state index in [1.165, 1.54) is 5.56 Å². The Bertz CT molecular complexity index is 672. The zero-order chi connectivity index (χ0) is 14.9. The van der Waals surface area contributed by atoms with E-state index in [0.717, 1.165) is 11.3 Å². The van der Waals surface area contributed by atoms with Crippen LogP contribution >= 0.6 is 11.6 Å². The van der Waals surface area contributed by atoms with Crippen molar-refractivity contribution >= 4 is 11.6 Å². The van der Waals surface area contributed by atoms with Crippen molar-refractivity contribution in [1.82, 2.24) is 9.78 Å². The minimum atomic E-state index is -0.203. The Balaban J connectivity index is 2.47. The van der Waals surface area contributed by atoms with E-state index in [4.69, 9.17) is 11.6 Å². The van der Waals surface area contributed by atoms with Crippen LogP contribution in [0, 0.1) is 18.3 Å². The van der Waals surface area contributed by atoms with Crippen LogP contribution in [0.25, 0.3) is 0 Å². The SMILES string of the molecule is Cc1ccccc1Cn1nc(C(C)(C)C)c(C#N)c1Cl. The number of benzene rings is 1. The van der Waals surface area contributed by atoms with Gasteiger partial charge in [-0.1, -0.05) is 56.6 Å². The predicted molar refractivity (Wildman–Crippen MR) is 80.9 cm³/mol. The molecular formula is C16H18ClN3. The topological polar surface area (TPSA) is 41.6 Å². The third-order valence-electron chi connectivity index (χ3n) is 3.29. The number of hydrogen-bond acceptors (Lipinski definition) is 2. The molecule has 0 aliphatic carbocycles. The molecule has 0 spiro atoms. The van der Waals surface area contributed by atoms with Gasteiger partial charge in [0.2, 0.25) is 0 Å². The molecule has 104 valence electrons. The molecule has 3 nitrogen and oxygen atoms in total. The molecule has 0 amide bonds. The molecule has 1 aromatic heterocycles. The van der Waals surface area contributed by atoms with Gasteiger partial charge in [-0.05, 0) is 18.1 Å². The second-order valence-corrected chi connectivity index (χ2v) is 6.32. The van der Waals surface area contributed by atoms with E-state index in [9.17, 15) is 5.26 Å². The lowest BCUT2D eigenvalue weighted by Gasteiger charge is -2.15. The van der Waals surface area contributed by atoms with Crippen molar-refractivity contribution in [2.45, 2.75) is 39.7 Å². The van der Waals surface area contributed by atoms with Gasteiger partial charge < -0.3 is 0 Å². The molecule has 0 atom stereocenters. The molecule has 2 aromatic rings. The first-order valence-electron chi connectivity index (χ1n) is 6.56. The number of halogens is 1. The number of hydrogen-bond donors (Lipinski definition) is 0. The molecule has 1 heterocycles. The highest BCUT2D eigenvalue weighted by molar-refractivity contribution is 6.30. The molecule has 0 saturated carbocycles. The standard InChI is InChI=1S/C16H18ClN3/c1-11-7-5-6-8-12(11)10-20-15(17)13(9-18)14(19-20)16(2,3)4/h5-8H,10H2,1-4H3. The fourth-order valence-electron chi connectivity index (χ4n) is 2.12. The van der Waals surface area contributed by atoms with Gasteiger partial charge in [0, 0.05) is 5.41 Å². The van der Waals surface area contributed by atoms with Crippen molar-refractivity contribution in [1.29, 1.82) is 5.26 Å². The minimum absolute atomic E-state index is 0.203. The first-order valence-corrected chi connectivity index (χ1v) is 6.93. The molecule has 0 aliphatic rings. The van der Waals surface area contributed by atoms with Crippen LogP contribution in [0.15, 0.2) is 24.3 Å². The normalized spacial score (nSPS) is 11.4. The number of aryl methyl sites for hydroxylation is 1. The highest BCUT2D eigenvalue weighted by Crippen LogP contribution is 2.29. The van der Waals surface area contributed by atoms with Gasteiger partial charge in [-0.25, -0.2) is 4.68 Å². The van der Waals surface area contributed by atoms with E-state index < -0.39 is 0 Å². The zero-order valence-corrected chi connectivity index (χ0v) is 13.0. The van der Waals surface area contributed by atoms with Crippen molar-refractivity contribution in [2.75, 3.05) is 0 Å². The fraction of sp³-hybridized carbons (Fsp3) is 0.375. The highest BCUT2D eigenvalue weighted by Gasteiger charge is 2.26. The minimum Gasteiger partial charge on any atom is -0.248 e. The number of nitrogens with zero attached hydrogens (tertiary/aromatic N) is 3. The summed E-state index contributed by atoms with van der Waals surface area (Å²) in [6.45, 7) is 8.73. The molecule has 2 rings (SSSR count). The molecule has 0 aliphatic heterocycles. The van der Waals surface area contributed by atoms with E-state index in [2.05, 4.69) is 30.2 Å². The van der Waals surface area contributed by atoms with Gasteiger partial charge in [0.15, 0.2) is 0 Å². The number of rotatable bonds is 2. The summed E-state index contributed by atoms with van der Waals surface area (Å²) in [4.78, 5) is 0. The first kappa shape index (κ1) is 14.6. The summed E-state index contributed by atoms with van der Waals surface area (Å²) in [6.07, 6.45) is 0. The van der Waals surface area contributed by atoms with Gasteiger partial charge in [0.25, 0.3) is 0 Å². The molecule has 0 fully saturated rings. The third-order valence-corrected chi connectivity index (χ3v) is 3.68. The van der Waals surface area contributed by atoms with Gasteiger partial charge in [0.1, 0.15) is 16.8 Å². The molecule has 20 heavy (non-hydrogen) atoms. The van der Waals surface area contributed by atoms with Crippen LogP contribution in [-0.4, -0.2) is 9.78 Å². The Hall–Kier alpha value is -1.79. The van der Waals surface area contributed by atoms with Crippen molar-refractivity contribution in [2.24, 2.45) is 0 Å². The Labute approximate surface area is 124 Å². The van der Waals surface area contributed by atoms with Crippen LogP contribution < -0.4 is 0 Å². The summed E-state index contributed by atoms with van der Waals surface area (Å²) in [5.41, 5.74) is 3.37. The Morgan fingerprint density at radius 1 is 1.30 bits per heavy atom. The molecule has 0 radical (unpaired) electrons. The molecular weight excluding hydrogens is 270 g/mol. The Morgan fingerprint density at radius 3 is 2.45 bits per heavy atom. The molecule has 1 aromatic carbocycles. The summed E-state index contributed by atoms with van der Waals surface area (Å²) in [7, 11) is 0. The lowest BCUT2D eigenvalue weighted by atomic mass is 9.90. The summed E-state index contributed by atoms with van der Waals surface area (Å²) in [5.74, 6) is 0. The van der Waals surface area contributed by atoms with Crippen LogP contribution in [-0.2, 0) is 12.0 Å². The van der Waals surface area contributed by atoms with E-state index in [1.807, 2.05) is 32.9 Å². The van der Waals surface area contributed by atoms with Crippen LogP contribution in [0.4, 0.5) is 0 Å². The van der Waals surface area contributed by atoms with E-state index in [1.54, 1.807) is 4.68 Å². The number of nitriles is 1. The largest absolute Gasteiger partial charge is 0.248 e. The Kier molecular flexibility index (Phi) is 3.87. The maximum Gasteiger partial charge on any atom is 0.145 e. The molecule has 0 saturated heterocycles. The van der Waals surface area contributed by atoms with Gasteiger partial charge >= 0.3 is 0 Å². The molecule has 0 N–H and O–H groups in total. The molecule has 0 unspecified atom stereocenters. The predicted octanol–water partition coefficient (Wildman–Crippen LogP) is 4.06. The van der Waals surface area contributed by atoms with Crippen LogP contribution in [0.2, 0.25) is 5.15 Å². The maximum atomic E-state index is 9.31. The van der Waals surface area contributed by atoms with Crippen LogP contribution in [0.5, 0.6) is 0 Å². The maximum absolute atomic E-state index is 9.31. The summed E-state index contributed by atoms with van der Waals surface area (Å²) in [5, 5.41) is 14.3. The lowest BCUT2D eigenvalue weighted by molar-refractivity contribution is 0.544. The zero-order valence-electron chi connectivity index (χ0n) is 12.2. The lowest BCUT2D eigenvalue weighted by Crippen LogP contribution is -2.14. The van der Waals surface area contributed by atoms with Crippen molar-refractivity contribution in [3.8, 4) is 6.07 Å². The van der Waals surface area contributed by atoms with Gasteiger partial charge in [0.05, 0.1) is 12.2 Å². The monoisotopic (exact) mass is 287 g/mol. The van der Waals surface area contributed by atoms with Crippen molar-refractivity contribution in [3.63, 3.8) is 0 Å². The smallest absolute Gasteiger partial charge is 0.145 e. The van der Waals surface area contributed by atoms with E-state index in [0.29, 0.717) is 17.3 Å². The quantitative estimate of drug-likeness (QED) is 0.836. The average molecular weight is 288 g/mol. The van der Waals surface area contributed by atoms with Gasteiger partial charge in [-0.2, -0.15) is 10.4 Å². The van der Waals surface area contributed by atoms with Crippen LogP contribution in [0.1, 0.15) is 43.2 Å². The van der Waals surface area contributed by atoms with E-state index in [-0.39, 0.29) is 5.41 Å². The summed E-state index contributed by atoms with van der Waals surface area (Å²) >= 11 is 6.32. The fourth-order valence-corrected chi connectivity index (χ4v) is 2.35. The Morgan fingerprint density at radius 2 is 1.95 bits per heavy atom. The second kappa shape index (κ2) is 5.30. The highest BCUT2D eigenvalue weighted by atomic mass is 35.5. The van der Waals surface area contributed by atoms with E-state index >= 15 is 0 Å². The molecule has 0 bridgehead atoms. The van der Waals surface area contributed by atoms with Crippen LogP contribution in [0.3, 0.4) is 0 Å². The number of aromatic nitrogens is 2.